The Bertz CT molecular complexity index is 312. The Morgan fingerprint density at radius 2 is 1.17 bits per heavy atom. The van der Waals surface area contributed by atoms with Crippen LogP contribution in [-0.2, 0) is 19.4 Å². The van der Waals surface area contributed by atoms with Gasteiger partial charge >= 0.3 is 11.9 Å². The Morgan fingerprint density at radius 3 is 1.65 bits per heavy atom. The summed E-state index contributed by atoms with van der Waals surface area (Å²) in [7, 11) is 0. The van der Waals surface area contributed by atoms with Gasteiger partial charge < -0.3 is 0 Å². The lowest BCUT2D eigenvalue weighted by molar-refractivity contribution is -0.259. The molecule has 0 aromatic heterocycles. The van der Waals surface area contributed by atoms with Gasteiger partial charge in [-0.25, -0.2) is 19.4 Å². The highest BCUT2D eigenvalue weighted by molar-refractivity contribution is 5.72. The second kappa shape index (κ2) is 17.0. The number of allylic oxidation sites excluding steroid dienone is 1. The maximum atomic E-state index is 11.4. The summed E-state index contributed by atoms with van der Waals surface area (Å²) < 4.78 is 0. The lowest BCUT2D eigenvalue weighted by Gasteiger charge is -2.04. The van der Waals surface area contributed by atoms with Crippen molar-refractivity contribution in [2.75, 3.05) is 0 Å². The Hall–Kier alpha value is -1.32. The summed E-state index contributed by atoms with van der Waals surface area (Å²) in [5, 5.41) is 0. The van der Waals surface area contributed by atoms with E-state index in [1.807, 2.05) is 6.08 Å². The smallest absolute Gasteiger partial charge is 0.247 e. The molecule has 0 aliphatic heterocycles. The second-order valence-electron chi connectivity index (χ2n) is 6.02. The molecule has 0 heterocycles. The fourth-order valence-electron chi connectivity index (χ4n) is 2.31. The number of hydrogen-bond acceptors (Lipinski definition) is 4. The molecule has 4 nitrogen and oxygen atoms in total. The van der Waals surface area contributed by atoms with Crippen LogP contribution in [0.1, 0.15) is 96.8 Å². The number of carbonyl (C=O) groups is 2. The SMILES string of the molecule is C=CCCCCC(=O)OOC(=O)CCCCCCCCCCC. The zero-order valence-electron chi connectivity index (χ0n) is 14.8. The summed E-state index contributed by atoms with van der Waals surface area (Å²) >= 11 is 0. The van der Waals surface area contributed by atoms with Gasteiger partial charge in [0.05, 0.1) is 12.8 Å². The van der Waals surface area contributed by atoms with Crippen LogP contribution >= 0.6 is 0 Å². The monoisotopic (exact) mass is 326 g/mol. The Morgan fingerprint density at radius 1 is 0.739 bits per heavy atom. The van der Waals surface area contributed by atoms with Crippen molar-refractivity contribution >= 4 is 11.9 Å². The molecule has 0 saturated heterocycles. The fraction of sp³-hybridized carbons (Fsp3) is 0.789. The van der Waals surface area contributed by atoms with Gasteiger partial charge in [-0.15, -0.1) is 6.58 Å². The highest BCUT2D eigenvalue weighted by atomic mass is 17.2. The Kier molecular flexibility index (Phi) is 16.1. The minimum atomic E-state index is -0.477. The maximum Gasteiger partial charge on any atom is 0.355 e. The van der Waals surface area contributed by atoms with Crippen molar-refractivity contribution in [1.82, 2.24) is 0 Å². The van der Waals surface area contributed by atoms with Crippen LogP contribution < -0.4 is 0 Å². The maximum absolute atomic E-state index is 11.4. The molecule has 0 fully saturated rings. The van der Waals surface area contributed by atoms with Gasteiger partial charge in [0.25, 0.3) is 0 Å². The zero-order valence-corrected chi connectivity index (χ0v) is 14.8. The normalized spacial score (nSPS) is 10.3. The molecule has 0 amide bonds. The predicted octanol–water partition coefficient (Wildman–Crippen LogP) is 5.66. The van der Waals surface area contributed by atoms with E-state index in [9.17, 15) is 9.59 Å². The third-order valence-corrected chi connectivity index (χ3v) is 3.75. The topological polar surface area (TPSA) is 52.6 Å². The van der Waals surface area contributed by atoms with E-state index in [0.717, 1.165) is 38.5 Å². The van der Waals surface area contributed by atoms with Crippen LogP contribution in [0, 0.1) is 0 Å². The summed E-state index contributed by atoms with van der Waals surface area (Å²) in [6.45, 7) is 5.84. The van der Waals surface area contributed by atoms with Crippen molar-refractivity contribution < 1.29 is 19.4 Å². The molecule has 0 aromatic rings. The number of unbranched alkanes of at least 4 members (excludes halogenated alkanes) is 10. The van der Waals surface area contributed by atoms with Crippen molar-refractivity contribution in [3.05, 3.63) is 12.7 Å². The van der Waals surface area contributed by atoms with Crippen molar-refractivity contribution in [2.24, 2.45) is 0 Å². The van der Waals surface area contributed by atoms with Crippen LogP contribution in [0.25, 0.3) is 0 Å². The summed E-state index contributed by atoms with van der Waals surface area (Å²) in [5.41, 5.74) is 0. The molecule has 0 spiro atoms. The van der Waals surface area contributed by atoms with Gasteiger partial charge in [0, 0.05) is 0 Å². The third-order valence-electron chi connectivity index (χ3n) is 3.75. The fourth-order valence-corrected chi connectivity index (χ4v) is 2.31. The van der Waals surface area contributed by atoms with E-state index in [-0.39, 0.29) is 6.42 Å². The molecule has 0 unspecified atom stereocenters. The van der Waals surface area contributed by atoms with Crippen LogP contribution in [0.2, 0.25) is 0 Å². The minimum absolute atomic E-state index is 0.277. The first-order valence-electron chi connectivity index (χ1n) is 9.21. The van der Waals surface area contributed by atoms with E-state index in [1.165, 1.54) is 38.5 Å². The molecule has 0 aromatic carbocycles. The molecule has 134 valence electrons. The standard InChI is InChI=1S/C19H34O4/c1-3-5-7-9-10-11-12-13-15-17-19(21)23-22-18(20)16-14-8-6-4-2/h4H,2-3,5-17H2,1H3. The van der Waals surface area contributed by atoms with Crippen molar-refractivity contribution in [2.45, 2.75) is 96.8 Å². The lowest BCUT2D eigenvalue weighted by atomic mass is 10.1. The van der Waals surface area contributed by atoms with Gasteiger partial charge in [0.15, 0.2) is 0 Å². The molecule has 4 heteroatoms. The third kappa shape index (κ3) is 16.9. The first-order chi connectivity index (χ1) is 11.2. The minimum Gasteiger partial charge on any atom is -0.247 e. The van der Waals surface area contributed by atoms with Crippen molar-refractivity contribution in [3.63, 3.8) is 0 Å². The Balaban J connectivity index is 3.33. The average molecular weight is 326 g/mol. The van der Waals surface area contributed by atoms with E-state index >= 15 is 0 Å². The van der Waals surface area contributed by atoms with Crippen LogP contribution in [0.3, 0.4) is 0 Å². The van der Waals surface area contributed by atoms with Crippen LogP contribution in [0.15, 0.2) is 12.7 Å². The van der Waals surface area contributed by atoms with E-state index in [1.54, 1.807) is 0 Å². The number of hydrogen-bond donors (Lipinski definition) is 0. The summed E-state index contributed by atoms with van der Waals surface area (Å²) in [6.07, 6.45) is 15.7. The highest BCUT2D eigenvalue weighted by Crippen LogP contribution is 2.11. The molecule has 0 aliphatic carbocycles. The lowest BCUT2D eigenvalue weighted by Crippen LogP contribution is -2.11. The molecule has 0 radical (unpaired) electrons. The van der Waals surface area contributed by atoms with Crippen LogP contribution in [-0.4, -0.2) is 11.9 Å². The Labute approximate surface area is 141 Å². The van der Waals surface area contributed by atoms with Gasteiger partial charge in [-0.1, -0.05) is 64.4 Å². The average Bonchev–Trinajstić information content (AvgIpc) is 2.55. The molecule has 0 saturated carbocycles. The van der Waals surface area contributed by atoms with Crippen LogP contribution in [0.4, 0.5) is 0 Å². The largest absolute Gasteiger partial charge is 0.355 e. The van der Waals surface area contributed by atoms with E-state index in [4.69, 9.17) is 0 Å². The molecule has 0 N–H and O–H groups in total. The quantitative estimate of drug-likeness (QED) is 0.169. The van der Waals surface area contributed by atoms with Gasteiger partial charge in [0.1, 0.15) is 0 Å². The van der Waals surface area contributed by atoms with E-state index in [0.29, 0.717) is 6.42 Å². The van der Waals surface area contributed by atoms with E-state index in [2.05, 4.69) is 23.3 Å². The van der Waals surface area contributed by atoms with E-state index < -0.39 is 11.9 Å². The first-order valence-corrected chi connectivity index (χ1v) is 9.21. The molecule has 0 atom stereocenters. The second-order valence-corrected chi connectivity index (χ2v) is 6.02. The van der Waals surface area contributed by atoms with Crippen molar-refractivity contribution in [3.8, 4) is 0 Å². The molecule has 0 rings (SSSR count). The first kappa shape index (κ1) is 21.7. The van der Waals surface area contributed by atoms with Gasteiger partial charge in [-0.2, -0.15) is 0 Å². The number of carbonyl (C=O) groups excluding carboxylic acids is 2. The summed E-state index contributed by atoms with van der Waals surface area (Å²) in [6, 6.07) is 0. The summed E-state index contributed by atoms with van der Waals surface area (Å²) in [4.78, 5) is 31.8. The highest BCUT2D eigenvalue weighted by Gasteiger charge is 2.09. The van der Waals surface area contributed by atoms with Crippen molar-refractivity contribution in [1.29, 1.82) is 0 Å². The van der Waals surface area contributed by atoms with Gasteiger partial charge in [-0.05, 0) is 25.7 Å². The molecule has 0 aliphatic rings. The van der Waals surface area contributed by atoms with Gasteiger partial charge in [-0.3, -0.25) is 0 Å². The van der Waals surface area contributed by atoms with Gasteiger partial charge in [0.2, 0.25) is 0 Å². The van der Waals surface area contributed by atoms with Crippen LogP contribution in [0.5, 0.6) is 0 Å². The molecule has 23 heavy (non-hydrogen) atoms. The molecular formula is C19H34O4. The molecule has 0 bridgehead atoms. The molecular weight excluding hydrogens is 292 g/mol. The zero-order chi connectivity index (χ0) is 17.2. The predicted molar refractivity (Wildman–Crippen MR) is 92.7 cm³/mol. The number of rotatable bonds is 15. The summed E-state index contributed by atoms with van der Waals surface area (Å²) in [5.74, 6) is -0.929.